The normalized spacial score (nSPS) is 12.9. The van der Waals surface area contributed by atoms with E-state index in [1.165, 1.54) is 0 Å². The lowest BCUT2D eigenvalue weighted by molar-refractivity contribution is -0.115. The summed E-state index contributed by atoms with van der Waals surface area (Å²) in [5.74, 6) is 2.47. The zero-order chi connectivity index (χ0) is 17.6. The van der Waals surface area contributed by atoms with Gasteiger partial charge in [0, 0.05) is 18.2 Å². The van der Waals surface area contributed by atoms with Crippen molar-refractivity contribution in [2.45, 2.75) is 12.8 Å². The molecule has 0 aliphatic carbocycles. The second kappa shape index (κ2) is 7.79. The molecule has 132 valence electrons. The maximum absolute atomic E-state index is 12.3. The molecule has 0 saturated carbocycles. The van der Waals surface area contributed by atoms with Crippen molar-refractivity contribution in [3.63, 3.8) is 0 Å². The van der Waals surface area contributed by atoms with Crippen LogP contribution in [-0.2, 0) is 11.2 Å². The number of methoxy groups -OCH3 is 2. The molecule has 1 aliphatic heterocycles. The maximum Gasteiger partial charge on any atom is 0.228 e. The number of carbonyl (C=O) groups excluding carboxylic acids is 1. The van der Waals surface area contributed by atoms with Crippen molar-refractivity contribution >= 4 is 11.6 Å². The van der Waals surface area contributed by atoms with E-state index in [0.29, 0.717) is 36.1 Å². The minimum Gasteiger partial charge on any atom is -0.493 e. The molecule has 3 rings (SSSR count). The van der Waals surface area contributed by atoms with E-state index < -0.39 is 0 Å². The number of hydrogen-bond acceptors (Lipinski definition) is 5. The minimum absolute atomic E-state index is 0.123. The first-order valence-corrected chi connectivity index (χ1v) is 8.10. The summed E-state index contributed by atoms with van der Waals surface area (Å²) >= 11 is 0. The predicted octanol–water partition coefficient (Wildman–Crippen LogP) is 3.05. The number of fused-ring (bicyclic) bond motifs is 1. The third-order valence-electron chi connectivity index (χ3n) is 3.84. The van der Waals surface area contributed by atoms with E-state index >= 15 is 0 Å². The smallest absolute Gasteiger partial charge is 0.228 e. The number of rotatable bonds is 5. The molecule has 0 atom stereocenters. The molecule has 0 unspecified atom stereocenters. The lowest BCUT2D eigenvalue weighted by Gasteiger charge is -2.11. The van der Waals surface area contributed by atoms with E-state index in [-0.39, 0.29) is 12.3 Å². The van der Waals surface area contributed by atoms with Gasteiger partial charge in [0.2, 0.25) is 5.91 Å². The minimum atomic E-state index is -0.123. The molecule has 1 N–H and O–H groups in total. The van der Waals surface area contributed by atoms with Crippen molar-refractivity contribution in [1.82, 2.24) is 0 Å². The fraction of sp³-hybridized carbons (Fsp3) is 0.316. The van der Waals surface area contributed by atoms with Gasteiger partial charge in [-0.3, -0.25) is 4.79 Å². The van der Waals surface area contributed by atoms with Crippen molar-refractivity contribution in [3.05, 3.63) is 42.0 Å². The monoisotopic (exact) mass is 343 g/mol. The van der Waals surface area contributed by atoms with Crippen LogP contribution in [-0.4, -0.2) is 33.3 Å². The van der Waals surface area contributed by atoms with Gasteiger partial charge in [-0.15, -0.1) is 0 Å². The Morgan fingerprint density at radius 3 is 2.52 bits per heavy atom. The molecule has 0 bridgehead atoms. The largest absolute Gasteiger partial charge is 0.493 e. The second-order valence-corrected chi connectivity index (χ2v) is 5.63. The van der Waals surface area contributed by atoms with Crippen LogP contribution in [0, 0.1) is 0 Å². The lowest BCUT2D eigenvalue weighted by Crippen LogP contribution is -2.14. The van der Waals surface area contributed by atoms with E-state index in [0.717, 1.165) is 17.7 Å². The summed E-state index contributed by atoms with van der Waals surface area (Å²) in [5.41, 5.74) is 1.51. The van der Waals surface area contributed by atoms with Crippen LogP contribution in [0.2, 0.25) is 0 Å². The number of nitrogens with one attached hydrogen (secondary N) is 1. The summed E-state index contributed by atoms with van der Waals surface area (Å²) in [5, 5.41) is 2.86. The Kier molecular flexibility index (Phi) is 5.28. The van der Waals surface area contributed by atoms with Crippen molar-refractivity contribution in [2.24, 2.45) is 0 Å². The predicted molar refractivity (Wildman–Crippen MR) is 93.9 cm³/mol. The number of ether oxygens (including phenoxy) is 4. The zero-order valence-corrected chi connectivity index (χ0v) is 14.3. The molecule has 0 spiro atoms. The quantitative estimate of drug-likeness (QED) is 0.904. The average Bonchev–Trinajstić information content (AvgIpc) is 2.86. The summed E-state index contributed by atoms with van der Waals surface area (Å²) in [6, 6.07) is 10.8. The number of hydrogen-bond donors (Lipinski definition) is 1. The van der Waals surface area contributed by atoms with Gasteiger partial charge in [0.15, 0.2) is 23.0 Å². The number of benzene rings is 2. The Labute approximate surface area is 146 Å². The van der Waals surface area contributed by atoms with Gasteiger partial charge in [-0.1, -0.05) is 6.07 Å². The van der Waals surface area contributed by atoms with Gasteiger partial charge in [0.25, 0.3) is 0 Å². The summed E-state index contributed by atoms with van der Waals surface area (Å²) in [7, 11) is 3.13. The molecular weight excluding hydrogens is 322 g/mol. The van der Waals surface area contributed by atoms with E-state index in [9.17, 15) is 4.79 Å². The molecule has 2 aromatic carbocycles. The highest BCUT2D eigenvalue weighted by Gasteiger charge is 2.13. The van der Waals surface area contributed by atoms with Crippen LogP contribution in [0.4, 0.5) is 5.69 Å². The third kappa shape index (κ3) is 4.15. The van der Waals surface area contributed by atoms with E-state index in [2.05, 4.69) is 5.32 Å². The molecular formula is C19H21NO5. The van der Waals surface area contributed by atoms with Crippen LogP contribution < -0.4 is 24.3 Å². The van der Waals surface area contributed by atoms with Gasteiger partial charge < -0.3 is 24.3 Å². The zero-order valence-electron chi connectivity index (χ0n) is 14.3. The maximum atomic E-state index is 12.3. The fourth-order valence-electron chi connectivity index (χ4n) is 2.62. The van der Waals surface area contributed by atoms with E-state index in [1.54, 1.807) is 32.4 Å². The summed E-state index contributed by atoms with van der Waals surface area (Å²) in [6.45, 7) is 1.26. The summed E-state index contributed by atoms with van der Waals surface area (Å²) in [4.78, 5) is 12.3. The Balaban J connectivity index is 1.67. The molecule has 6 nitrogen and oxygen atoms in total. The van der Waals surface area contributed by atoms with Crippen LogP contribution in [0.5, 0.6) is 23.0 Å². The molecule has 0 saturated heterocycles. The molecule has 1 amide bonds. The van der Waals surface area contributed by atoms with Crippen molar-refractivity contribution in [2.75, 3.05) is 32.8 Å². The van der Waals surface area contributed by atoms with E-state index in [4.69, 9.17) is 18.9 Å². The highest BCUT2D eigenvalue weighted by molar-refractivity contribution is 5.92. The number of carbonyl (C=O) groups is 1. The molecule has 2 aromatic rings. The SMILES string of the molecule is COc1ccc(NC(=O)Cc2ccc3c(c2)OCCCO3)cc1OC. The first-order chi connectivity index (χ1) is 12.2. The number of anilines is 1. The van der Waals surface area contributed by atoms with Crippen LogP contribution in [0.1, 0.15) is 12.0 Å². The van der Waals surface area contributed by atoms with Crippen LogP contribution in [0.15, 0.2) is 36.4 Å². The van der Waals surface area contributed by atoms with Crippen LogP contribution in [0.3, 0.4) is 0 Å². The lowest BCUT2D eigenvalue weighted by atomic mass is 10.1. The fourth-order valence-corrected chi connectivity index (χ4v) is 2.62. The topological polar surface area (TPSA) is 66.0 Å². The van der Waals surface area contributed by atoms with Crippen molar-refractivity contribution in [3.8, 4) is 23.0 Å². The molecule has 0 fully saturated rings. The second-order valence-electron chi connectivity index (χ2n) is 5.63. The van der Waals surface area contributed by atoms with Gasteiger partial charge in [-0.2, -0.15) is 0 Å². The van der Waals surface area contributed by atoms with Gasteiger partial charge in [-0.05, 0) is 29.8 Å². The van der Waals surface area contributed by atoms with Gasteiger partial charge in [0.05, 0.1) is 33.9 Å². The third-order valence-corrected chi connectivity index (χ3v) is 3.84. The Bertz CT molecular complexity index is 759. The summed E-state index contributed by atoms with van der Waals surface area (Å²) in [6.07, 6.45) is 1.09. The highest BCUT2D eigenvalue weighted by Crippen LogP contribution is 2.31. The Morgan fingerprint density at radius 1 is 1.00 bits per heavy atom. The molecule has 1 aliphatic rings. The first-order valence-electron chi connectivity index (χ1n) is 8.10. The highest BCUT2D eigenvalue weighted by atomic mass is 16.5. The Hall–Kier alpha value is -2.89. The summed E-state index contributed by atoms with van der Waals surface area (Å²) < 4.78 is 21.7. The van der Waals surface area contributed by atoms with Crippen molar-refractivity contribution < 1.29 is 23.7 Å². The average molecular weight is 343 g/mol. The molecule has 6 heteroatoms. The van der Waals surface area contributed by atoms with Gasteiger partial charge in [0.1, 0.15) is 0 Å². The van der Waals surface area contributed by atoms with Crippen LogP contribution >= 0.6 is 0 Å². The Morgan fingerprint density at radius 2 is 1.76 bits per heavy atom. The molecule has 1 heterocycles. The standard InChI is InChI=1S/C19H21NO5/c1-22-15-7-5-14(12-17(15)23-2)20-19(21)11-13-4-6-16-18(10-13)25-9-3-8-24-16/h4-7,10,12H,3,8-9,11H2,1-2H3,(H,20,21). The molecule has 25 heavy (non-hydrogen) atoms. The molecule has 0 radical (unpaired) electrons. The molecule has 0 aromatic heterocycles. The number of amides is 1. The van der Waals surface area contributed by atoms with Gasteiger partial charge in [-0.25, -0.2) is 0 Å². The van der Waals surface area contributed by atoms with Crippen LogP contribution in [0.25, 0.3) is 0 Å². The van der Waals surface area contributed by atoms with Crippen molar-refractivity contribution in [1.29, 1.82) is 0 Å². The van der Waals surface area contributed by atoms with E-state index in [1.807, 2.05) is 18.2 Å². The van der Waals surface area contributed by atoms with Gasteiger partial charge >= 0.3 is 0 Å². The first kappa shape index (κ1) is 17.0.